The Morgan fingerprint density at radius 3 is 2.56 bits per heavy atom. The standard InChI is InChI=1S/C20H19N3O3S/c1-12-19(13(2)23(3)22-12)18-11-17-20(26-18)16(8-9-21-17)14-6-5-7-15(10-14)27(4,24)25/h5-11H,1-4H3. The summed E-state index contributed by atoms with van der Waals surface area (Å²) in [4.78, 5) is 4.69. The van der Waals surface area contributed by atoms with Gasteiger partial charge in [-0.15, -0.1) is 0 Å². The first kappa shape index (κ1) is 17.5. The van der Waals surface area contributed by atoms with E-state index in [1.807, 2.05) is 43.8 Å². The van der Waals surface area contributed by atoms with E-state index in [9.17, 15) is 8.42 Å². The molecule has 0 radical (unpaired) electrons. The van der Waals surface area contributed by atoms with Gasteiger partial charge in [-0.3, -0.25) is 9.67 Å². The van der Waals surface area contributed by atoms with Crippen LogP contribution in [0.1, 0.15) is 11.4 Å². The van der Waals surface area contributed by atoms with E-state index in [-0.39, 0.29) is 4.90 Å². The average molecular weight is 381 g/mol. The zero-order chi connectivity index (χ0) is 19.3. The van der Waals surface area contributed by atoms with E-state index in [1.165, 1.54) is 6.26 Å². The Kier molecular flexibility index (Phi) is 3.92. The summed E-state index contributed by atoms with van der Waals surface area (Å²) in [7, 11) is -1.39. The highest BCUT2D eigenvalue weighted by atomic mass is 32.2. The lowest BCUT2D eigenvalue weighted by Crippen LogP contribution is -1.96. The number of sulfone groups is 1. The first-order valence-electron chi connectivity index (χ1n) is 8.45. The maximum absolute atomic E-state index is 11.9. The smallest absolute Gasteiger partial charge is 0.175 e. The lowest BCUT2D eigenvalue weighted by Gasteiger charge is -2.05. The van der Waals surface area contributed by atoms with E-state index < -0.39 is 9.84 Å². The molecule has 0 aliphatic carbocycles. The van der Waals surface area contributed by atoms with Gasteiger partial charge in [0.2, 0.25) is 0 Å². The van der Waals surface area contributed by atoms with Crippen LogP contribution in [0.15, 0.2) is 51.9 Å². The summed E-state index contributed by atoms with van der Waals surface area (Å²) < 4.78 is 31.8. The Hall–Kier alpha value is -2.93. The minimum Gasteiger partial charge on any atom is -0.454 e. The summed E-state index contributed by atoms with van der Waals surface area (Å²) in [6.07, 6.45) is 2.90. The SMILES string of the molecule is Cc1nn(C)c(C)c1-c1cc2nccc(-c3cccc(S(C)(=O)=O)c3)c2o1. The molecule has 0 saturated heterocycles. The molecule has 3 heterocycles. The second-order valence-corrected chi connectivity index (χ2v) is 8.67. The molecule has 0 saturated carbocycles. The summed E-state index contributed by atoms with van der Waals surface area (Å²) in [6.45, 7) is 3.94. The molecule has 4 rings (SSSR count). The normalized spacial score (nSPS) is 12.0. The lowest BCUT2D eigenvalue weighted by molar-refractivity contribution is 0.602. The zero-order valence-electron chi connectivity index (χ0n) is 15.5. The van der Waals surface area contributed by atoms with Crippen LogP contribution in [0.5, 0.6) is 0 Å². The predicted molar refractivity (Wildman–Crippen MR) is 104 cm³/mol. The average Bonchev–Trinajstić information content (AvgIpc) is 3.14. The number of nitrogens with zero attached hydrogens (tertiary/aromatic N) is 3. The molecule has 138 valence electrons. The Labute approximate surface area is 157 Å². The van der Waals surface area contributed by atoms with Crippen molar-refractivity contribution < 1.29 is 12.8 Å². The summed E-state index contributed by atoms with van der Waals surface area (Å²) in [5.74, 6) is 0.701. The predicted octanol–water partition coefficient (Wildman–Crippen LogP) is 3.92. The molecule has 0 aliphatic rings. The number of hydrogen-bond acceptors (Lipinski definition) is 5. The van der Waals surface area contributed by atoms with Crippen LogP contribution in [-0.4, -0.2) is 29.4 Å². The fourth-order valence-corrected chi connectivity index (χ4v) is 3.98. The molecular weight excluding hydrogens is 362 g/mol. The molecule has 0 bridgehead atoms. The van der Waals surface area contributed by atoms with Crippen molar-refractivity contribution in [2.75, 3.05) is 6.26 Å². The first-order chi connectivity index (χ1) is 12.8. The van der Waals surface area contributed by atoms with Crippen molar-refractivity contribution in [3.63, 3.8) is 0 Å². The molecule has 27 heavy (non-hydrogen) atoms. The maximum atomic E-state index is 11.9. The number of pyridine rings is 1. The van der Waals surface area contributed by atoms with Crippen molar-refractivity contribution >= 4 is 20.9 Å². The van der Waals surface area contributed by atoms with Gasteiger partial charge in [-0.2, -0.15) is 5.10 Å². The van der Waals surface area contributed by atoms with Gasteiger partial charge in [0.1, 0.15) is 11.3 Å². The number of hydrogen-bond donors (Lipinski definition) is 0. The molecule has 0 fully saturated rings. The van der Waals surface area contributed by atoms with Gasteiger partial charge in [0, 0.05) is 36.8 Å². The molecule has 0 amide bonds. The van der Waals surface area contributed by atoms with E-state index in [1.54, 1.807) is 24.4 Å². The van der Waals surface area contributed by atoms with E-state index >= 15 is 0 Å². The van der Waals surface area contributed by atoms with E-state index in [0.717, 1.165) is 33.6 Å². The molecule has 0 unspecified atom stereocenters. The number of benzene rings is 1. The van der Waals surface area contributed by atoms with Crippen molar-refractivity contribution in [1.29, 1.82) is 0 Å². The number of aryl methyl sites for hydroxylation is 2. The first-order valence-corrected chi connectivity index (χ1v) is 10.3. The molecule has 0 atom stereocenters. The largest absolute Gasteiger partial charge is 0.454 e. The fraction of sp³-hybridized carbons (Fsp3) is 0.200. The maximum Gasteiger partial charge on any atom is 0.175 e. The van der Waals surface area contributed by atoms with Crippen LogP contribution in [0.25, 0.3) is 33.6 Å². The molecule has 0 N–H and O–H groups in total. The van der Waals surface area contributed by atoms with Crippen LogP contribution >= 0.6 is 0 Å². The molecule has 0 aliphatic heterocycles. The van der Waals surface area contributed by atoms with Crippen LogP contribution in [0.4, 0.5) is 0 Å². The third-order valence-corrected chi connectivity index (χ3v) is 5.85. The molecule has 4 aromatic rings. The number of rotatable bonds is 3. The fourth-order valence-electron chi connectivity index (χ4n) is 3.31. The van der Waals surface area contributed by atoms with Gasteiger partial charge in [0.15, 0.2) is 15.4 Å². The second kappa shape index (κ2) is 6.06. The van der Waals surface area contributed by atoms with Gasteiger partial charge in [-0.25, -0.2) is 8.42 Å². The van der Waals surface area contributed by atoms with Crippen LogP contribution in [0, 0.1) is 13.8 Å². The summed E-state index contributed by atoms with van der Waals surface area (Å²) in [5, 5.41) is 4.45. The number of aromatic nitrogens is 3. The van der Waals surface area contributed by atoms with Crippen molar-refractivity contribution in [2.24, 2.45) is 7.05 Å². The molecule has 6 nitrogen and oxygen atoms in total. The highest BCUT2D eigenvalue weighted by Crippen LogP contribution is 2.36. The van der Waals surface area contributed by atoms with Gasteiger partial charge >= 0.3 is 0 Å². The molecule has 1 aromatic carbocycles. The quantitative estimate of drug-likeness (QED) is 0.537. The highest BCUT2D eigenvalue weighted by Gasteiger charge is 2.19. The van der Waals surface area contributed by atoms with Gasteiger partial charge in [0.25, 0.3) is 0 Å². The van der Waals surface area contributed by atoms with Gasteiger partial charge in [-0.05, 0) is 37.6 Å². The summed E-state index contributed by atoms with van der Waals surface area (Å²) in [5.41, 5.74) is 5.76. The van der Waals surface area contributed by atoms with Crippen LogP contribution in [-0.2, 0) is 16.9 Å². The van der Waals surface area contributed by atoms with Gasteiger partial charge < -0.3 is 4.42 Å². The molecule has 7 heteroatoms. The lowest BCUT2D eigenvalue weighted by atomic mass is 10.1. The van der Waals surface area contributed by atoms with Crippen LogP contribution < -0.4 is 0 Å². The van der Waals surface area contributed by atoms with Crippen molar-refractivity contribution in [3.05, 3.63) is 54.0 Å². The van der Waals surface area contributed by atoms with Crippen molar-refractivity contribution in [2.45, 2.75) is 18.7 Å². The Balaban J connectivity index is 1.93. The third kappa shape index (κ3) is 2.94. The highest BCUT2D eigenvalue weighted by molar-refractivity contribution is 7.90. The molecule has 0 spiro atoms. The Morgan fingerprint density at radius 2 is 1.89 bits per heavy atom. The topological polar surface area (TPSA) is 78.0 Å². The van der Waals surface area contributed by atoms with Crippen LogP contribution in [0.3, 0.4) is 0 Å². The van der Waals surface area contributed by atoms with Crippen LogP contribution in [0.2, 0.25) is 0 Å². The van der Waals surface area contributed by atoms with Gasteiger partial charge in [-0.1, -0.05) is 12.1 Å². The molecule has 3 aromatic heterocycles. The summed E-state index contributed by atoms with van der Waals surface area (Å²) in [6, 6.07) is 10.6. The number of furan rings is 1. The minimum absolute atomic E-state index is 0.274. The van der Waals surface area contributed by atoms with E-state index in [4.69, 9.17) is 4.42 Å². The summed E-state index contributed by atoms with van der Waals surface area (Å²) >= 11 is 0. The van der Waals surface area contributed by atoms with E-state index in [2.05, 4.69) is 10.1 Å². The monoisotopic (exact) mass is 381 g/mol. The van der Waals surface area contributed by atoms with Crippen molar-refractivity contribution in [1.82, 2.24) is 14.8 Å². The Morgan fingerprint density at radius 1 is 1.11 bits per heavy atom. The van der Waals surface area contributed by atoms with Gasteiger partial charge in [0.05, 0.1) is 16.2 Å². The minimum atomic E-state index is -3.29. The van der Waals surface area contributed by atoms with E-state index in [0.29, 0.717) is 11.3 Å². The number of fused-ring (bicyclic) bond motifs is 1. The molecular formula is C20H19N3O3S. The zero-order valence-corrected chi connectivity index (χ0v) is 16.3. The third-order valence-electron chi connectivity index (χ3n) is 4.74. The Bertz CT molecular complexity index is 1280. The second-order valence-electron chi connectivity index (χ2n) is 6.65. The van der Waals surface area contributed by atoms with Crippen molar-refractivity contribution in [3.8, 4) is 22.5 Å².